The summed E-state index contributed by atoms with van der Waals surface area (Å²) in [5, 5.41) is 3.17. The minimum Gasteiger partial charge on any atom is -0.456 e. The standard InChI is InChI=1S/C41H28N2O/c1-41(2)33-16-8-6-13-28(33)31-23-32-37(24-34(31)41)44-36-18-10-15-30(38(32)36)40-42-35-17-9-7-14-29(35)39(43-40)27-21-19-26(20-22-27)25-11-4-3-5-12-25/h3-24H,1-2H3. The van der Waals surface area contributed by atoms with Gasteiger partial charge in [0.25, 0.3) is 0 Å². The number of furan rings is 1. The average molecular weight is 565 g/mol. The molecule has 6 aromatic carbocycles. The second kappa shape index (κ2) is 9.23. The minimum atomic E-state index is -0.0889. The monoisotopic (exact) mass is 564 g/mol. The Kier molecular flexibility index (Phi) is 5.24. The second-order valence-electron chi connectivity index (χ2n) is 12.2. The number of nitrogens with zero attached hydrogens (tertiary/aromatic N) is 2. The predicted octanol–water partition coefficient (Wildman–Crippen LogP) is 10.8. The SMILES string of the molecule is CC1(C)c2ccccc2-c2cc3c(cc21)oc1cccc(-c2nc(-c4ccc(-c5ccccc5)cc4)c4ccccc4n2)c13. The van der Waals surface area contributed by atoms with Gasteiger partial charge in [-0.25, -0.2) is 9.97 Å². The van der Waals surface area contributed by atoms with Crippen LogP contribution in [0.1, 0.15) is 25.0 Å². The molecule has 0 N–H and O–H groups in total. The fourth-order valence-electron chi connectivity index (χ4n) is 7.07. The second-order valence-corrected chi connectivity index (χ2v) is 12.2. The third-order valence-corrected chi connectivity index (χ3v) is 9.31. The molecule has 9 rings (SSSR count). The van der Waals surface area contributed by atoms with Crippen LogP contribution >= 0.6 is 0 Å². The highest BCUT2D eigenvalue weighted by Gasteiger charge is 2.36. The molecule has 2 aromatic heterocycles. The number of aromatic nitrogens is 2. The van der Waals surface area contributed by atoms with E-state index >= 15 is 0 Å². The molecule has 0 bridgehead atoms. The Labute approximate surface area is 255 Å². The zero-order valence-electron chi connectivity index (χ0n) is 24.5. The number of hydrogen-bond donors (Lipinski definition) is 0. The average Bonchev–Trinajstić information content (AvgIpc) is 3.55. The number of hydrogen-bond acceptors (Lipinski definition) is 3. The molecule has 3 heteroatoms. The van der Waals surface area contributed by atoms with Crippen molar-refractivity contribution in [2.45, 2.75) is 19.3 Å². The summed E-state index contributed by atoms with van der Waals surface area (Å²) in [6.07, 6.45) is 0. The lowest BCUT2D eigenvalue weighted by molar-refractivity contribution is 0.647. The summed E-state index contributed by atoms with van der Waals surface area (Å²) in [5.41, 5.74) is 13.1. The Hall–Kier alpha value is -5.54. The fourth-order valence-corrected chi connectivity index (χ4v) is 7.07. The van der Waals surface area contributed by atoms with Crippen molar-refractivity contribution in [1.29, 1.82) is 0 Å². The van der Waals surface area contributed by atoms with Crippen molar-refractivity contribution in [3.63, 3.8) is 0 Å². The maximum absolute atomic E-state index is 6.53. The van der Waals surface area contributed by atoms with Crippen LogP contribution in [0.3, 0.4) is 0 Å². The van der Waals surface area contributed by atoms with E-state index in [2.05, 4.69) is 123 Å². The number of rotatable bonds is 3. The highest BCUT2D eigenvalue weighted by atomic mass is 16.3. The van der Waals surface area contributed by atoms with Crippen molar-refractivity contribution in [1.82, 2.24) is 9.97 Å². The summed E-state index contributed by atoms with van der Waals surface area (Å²) >= 11 is 0. The van der Waals surface area contributed by atoms with Gasteiger partial charge in [-0.2, -0.15) is 0 Å². The minimum absolute atomic E-state index is 0.0889. The Morgan fingerprint density at radius 3 is 2.07 bits per heavy atom. The lowest BCUT2D eigenvalue weighted by Gasteiger charge is -2.21. The van der Waals surface area contributed by atoms with Gasteiger partial charge in [0.2, 0.25) is 0 Å². The molecule has 0 spiro atoms. The maximum Gasteiger partial charge on any atom is 0.161 e. The first-order chi connectivity index (χ1) is 21.6. The summed E-state index contributed by atoms with van der Waals surface area (Å²) in [5.74, 6) is 0.695. The van der Waals surface area contributed by atoms with Gasteiger partial charge < -0.3 is 4.42 Å². The van der Waals surface area contributed by atoms with E-state index in [9.17, 15) is 0 Å². The van der Waals surface area contributed by atoms with Crippen LogP contribution < -0.4 is 0 Å². The van der Waals surface area contributed by atoms with E-state index < -0.39 is 0 Å². The molecule has 0 aliphatic heterocycles. The van der Waals surface area contributed by atoms with Crippen LogP contribution in [0.4, 0.5) is 0 Å². The van der Waals surface area contributed by atoms with Crippen LogP contribution in [0.5, 0.6) is 0 Å². The highest BCUT2D eigenvalue weighted by molar-refractivity contribution is 6.14. The molecule has 0 saturated carbocycles. The molecular weight excluding hydrogens is 536 g/mol. The Morgan fingerprint density at radius 2 is 1.20 bits per heavy atom. The molecule has 2 heterocycles. The van der Waals surface area contributed by atoms with Crippen molar-refractivity contribution in [2.24, 2.45) is 0 Å². The molecule has 0 amide bonds. The number of fused-ring (bicyclic) bond motifs is 7. The molecule has 3 nitrogen and oxygen atoms in total. The first-order valence-electron chi connectivity index (χ1n) is 15.1. The lowest BCUT2D eigenvalue weighted by atomic mass is 9.82. The number of benzene rings is 6. The molecule has 208 valence electrons. The third kappa shape index (κ3) is 3.62. The van der Waals surface area contributed by atoms with Crippen LogP contribution in [0, 0.1) is 0 Å². The van der Waals surface area contributed by atoms with Gasteiger partial charge in [0.1, 0.15) is 11.2 Å². The summed E-state index contributed by atoms with van der Waals surface area (Å²) in [4.78, 5) is 10.4. The van der Waals surface area contributed by atoms with E-state index in [1.807, 2.05) is 24.3 Å². The van der Waals surface area contributed by atoms with Gasteiger partial charge in [0.15, 0.2) is 5.82 Å². The van der Waals surface area contributed by atoms with E-state index in [-0.39, 0.29) is 5.41 Å². The van der Waals surface area contributed by atoms with Crippen LogP contribution in [0.2, 0.25) is 0 Å². The normalized spacial score (nSPS) is 13.4. The predicted molar refractivity (Wildman–Crippen MR) is 181 cm³/mol. The van der Waals surface area contributed by atoms with Gasteiger partial charge in [0.05, 0.1) is 11.2 Å². The smallest absolute Gasteiger partial charge is 0.161 e. The van der Waals surface area contributed by atoms with Gasteiger partial charge in [-0.05, 0) is 57.6 Å². The first kappa shape index (κ1) is 25.0. The van der Waals surface area contributed by atoms with Gasteiger partial charge in [-0.3, -0.25) is 0 Å². The van der Waals surface area contributed by atoms with E-state index in [1.54, 1.807) is 0 Å². The van der Waals surface area contributed by atoms with Crippen LogP contribution in [0.15, 0.2) is 138 Å². The van der Waals surface area contributed by atoms with Crippen LogP contribution in [-0.2, 0) is 5.41 Å². The molecule has 1 aliphatic rings. The zero-order chi connectivity index (χ0) is 29.4. The van der Waals surface area contributed by atoms with E-state index in [4.69, 9.17) is 14.4 Å². The third-order valence-electron chi connectivity index (χ3n) is 9.31. The van der Waals surface area contributed by atoms with Crippen LogP contribution in [-0.4, -0.2) is 9.97 Å². The molecule has 44 heavy (non-hydrogen) atoms. The van der Waals surface area contributed by atoms with E-state index in [1.165, 1.54) is 33.4 Å². The fraction of sp³-hybridized carbons (Fsp3) is 0.0732. The first-order valence-corrected chi connectivity index (χ1v) is 15.1. The molecule has 0 saturated heterocycles. The number of para-hydroxylation sites is 1. The Balaban J connectivity index is 1.26. The van der Waals surface area contributed by atoms with Crippen molar-refractivity contribution in [3.8, 4) is 44.9 Å². The quantitative estimate of drug-likeness (QED) is 0.214. The Bertz CT molecular complexity index is 2400. The molecule has 8 aromatic rings. The molecule has 0 radical (unpaired) electrons. The molecular formula is C41H28N2O. The van der Waals surface area contributed by atoms with Crippen molar-refractivity contribution >= 4 is 32.8 Å². The van der Waals surface area contributed by atoms with Gasteiger partial charge >= 0.3 is 0 Å². The van der Waals surface area contributed by atoms with Gasteiger partial charge in [0, 0.05) is 32.7 Å². The van der Waals surface area contributed by atoms with Gasteiger partial charge in [-0.1, -0.05) is 123 Å². The van der Waals surface area contributed by atoms with E-state index in [0.29, 0.717) is 5.82 Å². The Morgan fingerprint density at radius 1 is 0.500 bits per heavy atom. The summed E-state index contributed by atoms with van der Waals surface area (Å²) in [7, 11) is 0. The van der Waals surface area contributed by atoms with Gasteiger partial charge in [-0.15, -0.1) is 0 Å². The molecule has 1 aliphatic carbocycles. The summed E-state index contributed by atoms with van der Waals surface area (Å²) in [6.45, 7) is 4.60. The van der Waals surface area contributed by atoms with Crippen molar-refractivity contribution in [3.05, 3.63) is 145 Å². The largest absolute Gasteiger partial charge is 0.456 e. The van der Waals surface area contributed by atoms with Crippen LogP contribution in [0.25, 0.3) is 77.7 Å². The zero-order valence-corrected chi connectivity index (χ0v) is 24.5. The highest BCUT2D eigenvalue weighted by Crippen LogP contribution is 2.51. The molecule has 0 fully saturated rings. The summed E-state index contributed by atoms with van der Waals surface area (Å²) in [6, 6.07) is 46.9. The molecule has 0 atom stereocenters. The van der Waals surface area contributed by atoms with Crippen molar-refractivity contribution < 1.29 is 4.42 Å². The maximum atomic E-state index is 6.53. The van der Waals surface area contributed by atoms with E-state index in [0.717, 1.165) is 49.7 Å². The molecule has 0 unspecified atom stereocenters. The van der Waals surface area contributed by atoms with Crippen molar-refractivity contribution in [2.75, 3.05) is 0 Å². The topological polar surface area (TPSA) is 38.9 Å². The lowest BCUT2D eigenvalue weighted by Crippen LogP contribution is -2.14. The summed E-state index contributed by atoms with van der Waals surface area (Å²) < 4.78 is 6.53.